The molecule has 0 saturated heterocycles. The number of rotatable bonds is 8. The van der Waals surface area contributed by atoms with Gasteiger partial charge in [0.2, 0.25) is 11.8 Å². The molecule has 1 aliphatic heterocycles. The number of aliphatic hydroxyl groups excluding tert-OH is 1. The molecule has 2 amide bonds. The number of hydrogen-bond donors (Lipinski definition) is 1. The second kappa shape index (κ2) is 10.6. The van der Waals surface area contributed by atoms with Gasteiger partial charge in [0, 0.05) is 37.7 Å². The van der Waals surface area contributed by atoms with Crippen LogP contribution in [0.25, 0.3) is 11.1 Å². The van der Waals surface area contributed by atoms with Crippen LogP contribution in [0.4, 0.5) is 0 Å². The van der Waals surface area contributed by atoms with Gasteiger partial charge < -0.3 is 24.4 Å². The number of pyridine rings is 1. The monoisotopic (exact) mass is 481 g/mol. The number of carbonyl (C=O) groups is 2. The number of hydrogen-bond acceptors (Lipinski definition) is 6. The first-order chi connectivity index (χ1) is 16.8. The fourth-order valence-electron chi connectivity index (χ4n) is 4.38. The van der Waals surface area contributed by atoms with Gasteiger partial charge in [-0.2, -0.15) is 0 Å². The molecule has 4 rings (SSSR count). The first kappa shape index (κ1) is 25.0. The number of aromatic nitrogens is 1. The highest BCUT2D eigenvalue weighted by Crippen LogP contribution is 2.34. The molecule has 3 atom stereocenters. The molecule has 1 aliphatic carbocycles. The minimum absolute atomic E-state index is 0.0721. The summed E-state index contributed by atoms with van der Waals surface area (Å²) >= 11 is 0. The van der Waals surface area contributed by atoms with Crippen LogP contribution in [0.15, 0.2) is 36.5 Å². The van der Waals surface area contributed by atoms with E-state index in [1.54, 1.807) is 36.2 Å². The third kappa shape index (κ3) is 5.75. The Morgan fingerprint density at radius 3 is 2.77 bits per heavy atom. The van der Waals surface area contributed by atoms with Gasteiger partial charge in [-0.25, -0.2) is 4.98 Å². The normalized spacial score (nSPS) is 20.8. The van der Waals surface area contributed by atoms with Crippen molar-refractivity contribution >= 4 is 11.8 Å². The number of benzene rings is 1. The summed E-state index contributed by atoms with van der Waals surface area (Å²) in [5.41, 5.74) is 1.97. The molecule has 0 spiro atoms. The zero-order chi connectivity index (χ0) is 25.1. The molecule has 188 valence electrons. The first-order valence-electron chi connectivity index (χ1n) is 12.3. The standard InChI is InChI=1S/C27H35N3O5/c1-17-14-30(18(2)16-31)27(33)23-12-21(20-6-5-7-22(11-20)34-4)13-28-26(23)35-24(17)15-29(3)25(32)10-19-8-9-19/h5-7,11-13,17-19,24,31H,8-10,14-16H2,1-4H3/t17-,18+,24-/m0/s1. The average molecular weight is 482 g/mol. The molecule has 2 aliphatic rings. The Hall–Kier alpha value is -3.13. The molecule has 1 saturated carbocycles. The van der Waals surface area contributed by atoms with Gasteiger partial charge in [-0.1, -0.05) is 19.1 Å². The van der Waals surface area contributed by atoms with Gasteiger partial charge >= 0.3 is 0 Å². The summed E-state index contributed by atoms with van der Waals surface area (Å²) in [5.74, 6) is 1.27. The quantitative estimate of drug-likeness (QED) is 0.622. The molecule has 35 heavy (non-hydrogen) atoms. The number of fused-ring (bicyclic) bond motifs is 1. The zero-order valence-corrected chi connectivity index (χ0v) is 20.9. The van der Waals surface area contributed by atoms with Gasteiger partial charge in [0.15, 0.2) is 0 Å². The van der Waals surface area contributed by atoms with E-state index in [4.69, 9.17) is 9.47 Å². The number of methoxy groups -OCH3 is 1. The van der Waals surface area contributed by atoms with Crippen molar-refractivity contribution in [1.82, 2.24) is 14.8 Å². The highest BCUT2D eigenvalue weighted by atomic mass is 16.5. The predicted molar refractivity (Wildman–Crippen MR) is 132 cm³/mol. The van der Waals surface area contributed by atoms with E-state index in [0.29, 0.717) is 36.7 Å². The van der Waals surface area contributed by atoms with Gasteiger partial charge in [0.25, 0.3) is 5.91 Å². The molecule has 1 N–H and O–H groups in total. The lowest BCUT2D eigenvalue weighted by atomic mass is 9.99. The van der Waals surface area contributed by atoms with Crippen LogP contribution in [0.1, 0.15) is 43.5 Å². The van der Waals surface area contributed by atoms with Crippen molar-refractivity contribution in [1.29, 1.82) is 0 Å². The second-order valence-electron chi connectivity index (χ2n) is 9.85. The number of likely N-dealkylation sites (N-methyl/N-ethyl adjacent to an activating group) is 1. The molecule has 2 aromatic rings. The van der Waals surface area contributed by atoms with Crippen LogP contribution in [-0.4, -0.2) is 77.7 Å². The number of ether oxygens (including phenoxy) is 2. The molecular formula is C27H35N3O5. The molecule has 8 nitrogen and oxygen atoms in total. The van der Waals surface area contributed by atoms with E-state index in [9.17, 15) is 14.7 Å². The predicted octanol–water partition coefficient (Wildman–Crippen LogP) is 3.24. The molecule has 1 aromatic carbocycles. The Balaban J connectivity index is 1.67. The van der Waals surface area contributed by atoms with Gasteiger partial charge in [0.1, 0.15) is 17.4 Å². The summed E-state index contributed by atoms with van der Waals surface area (Å²) in [4.78, 5) is 34.2. The zero-order valence-electron chi connectivity index (χ0n) is 20.9. The minimum Gasteiger partial charge on any atom is -0.497 e. The third-order valence-electron chi connectivity index (χ3n) is 6.96. The van der Waals surface area contributed by atoms with E-state index in [2.05, 4.69) is 4.98 Å². The smallest absolute Gasteiger partial charge is 0.259 e. The van der Waals surface area contributed by atoms with E-state index in [1.165, 1.54) is 0 Å². The summed E-state index contributed by atoms with van der Waals surface area (Å²) in [6, 6.07) is 8.97. The molecule has 1 fully saturated rings. The van der Waals surface area contributed by atoms with Crippen molar-refractivity contribution in [3.63, 3.8) is 0 Å². The summed E-state index contributed by atoms with van der Waals surface area (Å²) < 4.78 is 11.7. The van der Waals surface area contributed by atoms with Crippen LogP contribution < -0.4 is 9.47 Å². The molecule has 0 unspecified atom stereocenters. The van der Waals surface area contributed by atoms with Crippen molar-refractivity contribution in [2.75, 3.05) is 33.9 Å². The number of amides is 2. The van der Waals surface area contributed by atoms with E-state index >= 15 is 0 Å². The Bertz CT molecular complexity index is 1070. The highest BCUT2D eigenvalue weighted by molar-refractivity contribution is 5.98. The summed E-state index contributed by atoms with van der Waals surface area (Å²) in [5, 5.41) is 9.86. The maximum absolute atomic E-state index is 13.6. The lowest BCUT2D eigenvalue weighted by Gasteiger charge is -2.37. The second-order valence-corrected chi connectivity index (χ2v) is 9.85. The minimum atomic E-state index is -0.369. The van der Waals surface area contributed by atoms with Crippen LogP contribution >= 0.6 is 0 Å². The van der Waals surface area contributed by atoms with Crippen LogP contribution in [-0.2, 0) is 4.79 Å². The van der Waals surface area contributed by atoms with Crippen molar-refractivity contribution in [3.8, 4) is 22.8 Å². The van der Waals surface area contributed by atoms with Gasteiger partial charge in [-0.15, -0.1) is 0 Å². The van der Waals surface area contributed by atoms with Crippen LogP contribution in [0.5, 0.6) is 11.6 Å². The number of nitrogens with zero attached hydrogens (tertiary/aromatic N) is 3. The van der Waals surface area contributed by atoms with Crippen LogP contribution in [0.3, 0.4) is 0 Å². The Morgan fingerprint density at radius 2 is 2.09 bits per heavy atom. The first-order valence-corrected chi connectivity index (χ1v) is 12.3. The molecule has 0 radical (unpaired) electrons. The van der Waals surface area contributed by atoms with E-state index in [1.807, 2.05) is 38.1 Å². The average Bonchev–Trinajstić information content (AvgIpc) is 3.69. The van der Waals surface area contributed by atoms with Crippen molar-refractivity contribution in [2.24, 2.45) is 11.8 Å². The fourth-order valence-corrected chi connectivity index (χ4v) is 4.38. The highest BCUT2D eigenvalue weighted by Gasteiger charge is 2.35. The maximum Gasteiger partial charge on any atom is 0.259 e. The van der Waals surface area contributed by atoms with Crippen molar-refractivity contribution in [2.45, 2.75) is 45.3 Å². The third-order valence-corrected chi connectivity index (χ3v) is 6.96. The number of aliphatic hydroxyl groups is 1. The molecule has 2 heterocycles. The maximum atomic E-state index is 13.6. The molecular weight excluding hydrogens is 446 g/mol. The molecule has 0 bridgehead atoms. The SMILES string of the molecule is COc1cccc(-c2cnc3c(c2)C(=O)N([C@H](C)CO)C[C@H](C)[C@H](CN(C)C(=O)CC2CC2)O3)c1. The fraction of sp³-hybridized carbons (Fsp3) is 0.519. The van der Waals surface area contributed by atoms with Crippen molar-refractivity contribution < 1.29 is 24.2 Å². The van der Waals surface area contributed by atoms with Gasteiger partial charge in [0.05, 0.1) is 26.3 Å². The van der Waals surface area contributed by atoms with Gasteiger partial charge in [-0.3, -0.25) is 9.59 Å². The van der Waals surface area contributed by atoms with Crippen molar-refractivity contribution in [3.05, 3.63) is 42.1 Å². The van der Waals surface area contributed by atoms with Crippen LogP contribution in [0.2, 0.25) is 0 Å². The van der Waals surface area contributed by atoms with Gasteiger partial charge in [-0.05, 0) is 49.4 Å². The Labute approximate surface area is 206 Å². The molecule has 8 heteroatoms. The summed E-state index contributed by atoms with van der Waals surface area (Å²) in [6.07, 6.45) is 4.16. The number of carbonyl (C=O) groups excluding carboxylic acids is 2. The lowest BCUT2D eigenvalue weighted by molar-refractivity contribution is -0.131. The van der Waals surface area contributed by atoms with Crippen LogP contribution in [0, 0.1) is 11.8 Å². The van der Waals surface area contributed by atoms with E-state index in [-0.39, 0.29) is 42.4 Å². The topological polar surface area (TPSA) is 92.2 Å². The van der Waals surface area contributed by atoms with E-state index < -0.39 is 0 Å². The summed E-state index contributed by atoms with van der Waals surface area (Å²) in [7, 11) is 3.41. The summed E-state index contributed by atoms with van der Waals surface area (Å²) in [6.45, 7) is 4.48. The Kier molecular flexibility index (Phi) is 7.60. The Morgan fingerprint density at radius 1 is 1.31 bits per heavy atom. The lowest BCUT2D eigenvalue weighted by Crippen LogP contribution is -2.50. The molecule has 1 aromatic heterocycles. The van der Waals surface area contributed by atoms with E-state index in [0.717, 1.165) is 24.0 Å². The largest absolute Gasteiger partial charge is 0.497 e.